The molecule has 1 heterocycles. The molecule has 1 aliphatic rings. The van der Waals surface area contributed by atoms with E-state index in [1.807, 2.05) is 31.2 Å². The maximum absolute atomic E-state index is 12.4. The highest BCUT2D eigenvalue weighted by atomic mass is 16.5. The van der Waals surface area contributed by atoms with Crippen molar-refractivity contribution in [2.45, 2.75) is 39.2 Å². The van der Waals surface area contributed by atoms with Crippen LogP contribution in [-0.2, 0) is 9.53 Å². The van der Waals surface area contributed by atoms with Crippen LogP contribution in [0.4, 0.5) is 10.5 Å². The minimum atomic E-state index is -0.469. The van der Waals surface area contributed by atoms with Crippen molar-refractivity contribution < 1.29 is 14.3 Å². The second kappa shape index (κ2) is 7.11. The number of anilines is 1. The van der Waals surface area contributed by atoms with Crippen LogP contribution in [0.3, 0.4) is 0 Å². The van der Waals surface area contributed by atoms with Gasteiger partial charge in [-0.05, 0) is 50.8 Å². The summed E-state index contributed by atoms with van der Waals surface area (Å²) in [7, 11) is 0. The van der Waals surface area contributed by atoms with Gasteiger partial charge in [0.05, 0.1) is 6.61 Å². The Hall–Kier alpha value is -2.04. The fraction of sp³-hybridized carbons (Fsp3) is 0.500. The van der Waals surface area contributed by atoms with Crippen molar-refractivity contribution in [3.8, 4) is 0 Å². The number of carbonyl (C=O) groups excluding carboxylic acids is 2. The summed E-state index contributed by atoms with van der Waals surface area (Å²) in [6, 6.07) is 6.90. The molecule has 1 aromatic rings. The zero-order chi connectivity index (χ0) is 15.2. The first-order valence-electron chi connectivity index (χ1n) is 7.42. The Labute approximate surface area is 125 Å². The summed E-state index contributed by atoms with van der Waals surface area (Å²) in [5, 5.41) is 2.86. The van der Waals surface area contributed by atoms with Gasteiger partial charge in [-0.3, -0.25) is 0 Å². The van der Waals surface area contributed by atoms with Gasteiger partial charge in [0.1, 0.15) is 6.04 Å². The molecule has 0 saturated carbocycles. The first-order valence-corrected chi connectivity index (χ1v) is 7.42. The Morgan fingerprint density at radius 3 is 2.90 bits per heavy atom. The Kier molecular flexibility index (Phi) is 5.20. The summed E-state index contributed by atoms with van der Waals surface area (Å²) in [4.78, 5) is 26.0. The molecule has 5 nitrogen and oxygen atoms in total. The molecule has 1 saturated heterocycles. The van der Waals surface area contributed by atoms with Gasteiger partial charge in [0, 0.05) is 12.2 Å². The lowest BCUT2D eigenvalue weighted by Gasteiger charge is -2.33. The normalized spacial score (nSPS) is 18.2. The van der Waals surface area contributed by atoms with Gasteiger partial charge in [0.25, 0.3) is 0 Å². The average Bonchev–Trinajstić information content (AvgIpc) is 2.47. The second-order valence-electron chi connectivity index (χ2n) is 5.26. The molecule has 0 spiro atoms. The van der Waals surface area contributed by atoms with Gasteiger partial charge in [-0.25, -0.2) is 9.59 Å². The zero-order valence-corrected chi connectivity index (χ0v) is 12.6. The molecule has 2 rings (SSSR count). The number of esters is 1. The number of nitrogens with zero attached hydrogens (tertiary/aromatic N) is 1. The van der Waals surface area contributed by atoms with Crippen LogP contribution in [-0.4, -0.2) is 36.1 Å². The second-order valence-corrected chi connectivity index (χ2v) is 5.26. The first kappa shape index (κ1) is 15.4. The van der Waals surface area contributed by atoms with E-state index in [2.05, 4.69) is 5.32 Å². The number of urea groups is 1. The molecule has 5 heteroatoms. The summed E-state index contributed by atoms with van der Waals surface area (Å²) in [6.07, 6.45) is 2.52. The van der Waals surface area contributed by atoms with Crippen molar-refractivity contribution in [1.29, 1.82) is 0 Å². The van der Waals surface area contributed by atoms with Crippen LogP contribution in [0.1, 0.15) is 31.7 Å². The summed E-state index contributed by atoms with van der Waals surface area (Å²) >= 11 is 0. The van der Waals surface area contributed by atoms with E-state index in [1.54, 1.807) is 11.8 Å². The third kappa shape index (κ3) is 3.97. The molecular formula is C16H22N2O3. The summed E-state index contributed by atoms with van der Waals surface area (Å²) in [5.41, 5.74) is 1.82. The van der Waals surface area contributed by atoms with Gasteiger partial charge >= 0.3 is 12.0 Å². The predicted octanol–water partition coefficient (Wildman–Crippen LogP) is 2.94. The summed E-state index contributed by atoms with van der Waals surface area (Å²) < 4.78 is 5.07. The molecule has 1 N–H and O–H groups in total. The maximum atomic E-state index is 12.4. The molecule has 1 atom stereocenters. The number of piperidine rings is 1. The molecule has 1 fully saturated rings. The molecular weight excluding hydrogens is 268 g/mol. The SMILES string of the molecule is CCOC(=O)C1CCCCN1C(=O)Nc1cccc(C)c1. The van der Waals surface area contributed by atoms with Crippen molar-refractivity contribution >= 4 is 17.7 Å². The molecule has 2 amide bonds. The van der Waals surface area contributed by atoms with Crippen LogP contribution in [0.2, 0.25) is 0 Å². The van der Waals surface area contributed by atoms with E-state index < -0.39 is 6.04 Å². The number of rotatable bonds is 3. The molecule has 0 aromatic heterocycles. The van der Waals surface area contributed by atoms with E-state index in [1.165, 1.54) is 0 Å². The van der Waals surface area contributed by atoms with Crippen LogP contribution < -0.4 is 5.32 Å². The highest BCUT2D eigenvalue weighted by Gasteiger charge is 2.33. The van der Waals surface area contributed by atoms with Crippen molar-refractivity contribution in [2.75, 3.05) is 18.5 Å². The average molecular weight is 290 g/mol. The van der Waals surface area contributed by atoms with Crippen LogP contribution in [0.15, 0.2) is 24.3 Å². The van der Waals surface area contributed by atoms with E-state index in [4.69, 9.17) is 4.74 Å². The Bertz CT molecular complexity index is 516. The van der Waals surface area contributed by atoms with Crippen molar-refractivity contribution in [3.63, 3.8) is 0 Å². The van der Waals surface area contributed by atoms with Gasteiger partial charge < -0.3 is 15.0 Å². The van der Waals surface area contributed by atoms with Crippen LogP contribution in [0, 0.1) is 6.92 Å². The number of amides is 2. The number of nitrogens with one attached hydrogen (secondary N) is 1. The van der Waals surface area contributed by atoms with Crippen LogP contribution >= 0.6 is 0 Å². The summed E-state index contributed by atoms with van der Waals surface area (Å²) in [5.74, 6) is -0.309. The van der Waals surface area contributed by atoms with Gasteiger partial charge in [0.2, 0.25) is 0 Å². The van der Waals surface area contributed by atoms with Gasteiger partial charge in [-0.15, -0.1) is 0 Å². The van der Waals surface area contributed by atoms with Crippen molar-refractivity contribution in [3.05, 3.63) is 29.8 Å². The topological polar surface area (TPSA) is 58.6 Å². The summed E-state index contributed by atoms with van der Waals surface area (Å²) in [6.45, 7) is 4.67. The van der Waals surface area contributed by atoms with Gasteiger partial charge in [-0.1, -0.05) is 12.1 Å². The lowest BCUT2D eigenvalue weighted by Crippen LogP contribution is -2.50. The van der Waals surface area contributed by atoms with Crippen molar-refractivity contribution in [1.82, 2.24) is 4.90 Å². The number of benzene rings is 1. The molecule has 114 valence electrons. The van der Waals surface area contributed by atoms with Crippen molar-refractivity contribution in [2.24, 2.45) is 0 Å². The third-order valence-electron chi connectivity index (χ3n) is 3.59. The van der Waals surface area contributed by atoms with E-state index in [0.717, 1.165) is 24.1 Å². The van der Waals surface area contributed by atoms with Crippen LogP contribution in [0.25, 0.3) is 0 Å². The molecule has 0 aliphatic carbocycles. The quantitative estimate of drug-likeness (QED) is 0.871. The Balaban J connectivity index is 2.06. The van der Waals surface area contributed by atoms with E-state index in [0.29, 0.717) is 19.6 Å². The molecule has 21 heavy (non-hydrogen) atoms. The lowest BCUT2D eigenvalue weighted by atomic mass is 10.0. The monoisotopic (exact) mass is 290 g/mol. The molecule has 1 unspecified atom stereocenters. The van der Waals surface area contributed by atoms with E-state index >= 15 is 0 Å². The lowest BCUT2D eigenvalue weighted by molar-refractivity contribution is -0.149. The number of hydrogen-bond donors (Lipinski definition) is 1. The smallest absolute Gasteiger partial charge is 0.328 e. The fourth-order valence-corrected chi connectivity index (χ4v) is 2.58. The standard InChI is InChI=1S/C16H22N2O3/c1-3-21-15(19)14-9-4-5-10-18(14)16(20)17-13-8-6-7-12(2)11-13/h6-8,11,14H,3-5,9-10H2,1-2H3,(H,17,20). The number of hydrogen-bond acceptors (Lipinski definition) is 3. The van der Waals surface area contributed by atoms with Gasteiger partial charge in [-0.2, -0.15) is 0 Å². The highest BCUT2D eigenvalue weighted by Crippen LogP contribution is 2.20. The van der Waals surface area contributed by atoms with E-state index in [9.17, 15) is 9.59 Å². The number of carbonyl (C=O) groups is 2. The molecule has 1 aliphatic heterocycles. The Morgan fingerprint density at radius 2 is 2.19 bits per heavy atom. The van der Waals surface area contributed by atoms with Crippen LogP contribution in [0.5, 0.6) is 0 Å². The van der Waals surface area contributed by atoms with Gasteiger partial charge in [0.15, 0.2) is 0 Å². The minimum absolute atomic E-state index is 0.238. The molecule has 0 bridgehead atoms. The Morgan fingerprint density at radius 1 is 1.38 bits per heavy atom. The molecule has 0 radical (unpaired) electrons. The number of likely N-dealkylation sites (tertiary alicyclic amines) is 1. The predicted molar refractivity (Wildman–Crippen MR) is 81.2 cm³/mol. The first-order chi connectivity index (χ1) is 10.1. The number of aryl methyl sites for hydroxylation is 1. The number of ether oxygens (including phenoxy) is 1. The zero-order valence-electron chi connectivity index (χ0n) is 12.6. The minimum Gasteiger partial charge on any atom is -0.464 e. The highest BCUT2D eigenvalue weighted by molar-refractivity contribution is 5.92. The largest absolute Gasteiger partial charge is 0.464 e. The maximum Gasteiger partial charge on any atom is 0.328 e. The third-order valence-corrected chi connectivity index (χ3v) is 3.59. The molecule has 1 aromatic carbocycles. The van der Waals surface area contributed by atoms with E-state index in [-0.39, 0.29) is 12.0 Å². The fourth-order valence-electron chi connectivity index (χ4n) is 2.58.